The van der Waals surface area contributed by atoms with Gasteiger partial charge in [0.05, 0.1) is 19.1 Å². The highest BCUT2D eigenvalue weighted by Gasteiger charge is 2.25. The molecule has 1 aromatic carbocycles. The predicted octanol–water partition coefficient (Wildman–Crippen LogP) is 2.07. The van der Waals surface area contributed by atoms with Crippen LogP contribution in [0.15, 0.2) is 18.2 Å². The van der Waals surface area contributed by atoms with Crippen LogP contribution >= 0.6 is 0 Å². The van der Waals surface area contributed by atoms with E-state index in [2.05, 4.69) is 15.0 Å². The summed E-state index contributed by atoms with van der Waals surface area (Å²) >= 11 is 0. The van der Waals surface area contributed by atoms with Gasteiger partial charge in [0, 0.05) is 45.3 Å². The van der Waals surface area contributed by atoms with Crippen LogP contribution in [0.1, 0.15) is 44.2 Å². The number of likely N-dealkylation sites (tertiary alicyclic amines) is 1. The molecule has 36 heavy (non-hydrogen) atoms. The van der Waals surface area contributed by atoms with Crippen molar-refractivity contribution in [3.63, 3.8) is 0 Å². The number of fused-ring (bicyclic) bond motifs is 1. The van der Waals surface area contributed by atoms with Gasteiger partial charge in [-0.25, -0.2) is 4.79 Å². The van der Waals surface area contributed by atoms with Crippen molar-refractivity contribution >= 4 is 29.6 Å². The topological polar surface area (TPSA) is 124 Å². The summed E-state index contributed by atoms with van der Waals surface area (Å²) in [5.41, 5.74) is 3.09. The molecule has 0 unspecified atom stereocenters. The Kier molecular flexibility index (Phi) is 10.5. The average molecular weight is 506 g/mol. The lowest BCUT2D eigenvalue weighted by atomic mass is 9.99. The van der Waals surface area contributed by atoms with Gasteiger partial charge < -0.3 is 29.2 Å². The van der Waals surface area contributed by atoms with E-state index in [1.54, 1.807) is 6.92 Å². The predicted molar refractivity (Wildman–Crippen MR) is 129 cm³/mol. The molecule has 0 radical (unpaired) electrons. The van der Waals surface area contributed by atoms with Crippen LogP contribution in [-0.2, 0) is 46.3 Å². The van der Waals surface area contributed by atoms with E-state index in [-0.39, 0.29) is 24.6 Å². The Morgan fingerprint density at radius 3 is 2.53 bits per heavy atom. The fraction of sp³-hybridized carbons (Fsp3) is 0.600. The van der Waals surface area contributed by atoms with Crippen LogP contribution < -0.4 is 5.32 Å². The molecule has 1 fully saturated rings. The molecule has 0 atom stereocenters. The minimum atomic E-state index is -0.542. The third-order valence-corrected chi connectivity index (χ3v) is 6.11. The molecule has 0 bridgehead atoms. The number of piperidine rings is 1. The van der Waals surface area contributed by atoms with Crippen molar-refractivity contribution in [2.24, 2.45) is 0 Å². The fourth-order valence-corrected chi connectivity index (χ4v) is 4.22. The van der Waals surface area contributed by atoms with Crippen molar-refractivity contribution in [3.8, 4) is 0 Å². The molecule has 0 aromatic heterocycles. The van der Waals surface area contributed by atoms with Crippen molar-refractivity contribution in [1.29, 1.82) is 0 Å². The second-order valence-corrected chi connectivity index (χ2v) is 8.77. The Labute approximate surface area is 211 Å². The molecular weight excluding hydrogens is 470 g/mol. The van der Waals surface area contributed by atoms with Crippen molar-refractivity contribution < 1.29 is 38.1 Å². The number of carbonyl (C=O) groups excluding carboxylic acids is 4. The van der Waals surface area contributed by atoms with E-state index < -0.39 is 18.9 Å². The van der Waals surface area contributed by atoms with E-state index in [0.29, 0.717) is 51.2 Å². The van der Waals surface area contributed by atoms with Gasteiger partial charge in [0.1, 0.15) is 6.61 Å². The second-order valence-electron chi connectivity index (χ2n) is 8.77. The van der Waals surface area contributed by atoms with E-state index in [1.165, 1.54) is 17.4 Å². The van der Waals surface area contributed by atoms with E-state index >= 15 is 0 Å². The number of hydrogen-bond donors (Lipinski definition) is 1. The zero-order valence-corrected chi connectivity index (χ0v) is 21.0. The molecule has 1 N–H and O–H groups in total. The number of nitrogens with one attached hydrogen (secondary N) is 1. The Balaban J connectivity index is 1.37. The van der Waals surface area contributed by atoms with Crippen molar-refractivity contribution in [2.75, 3.05) is 51.5 Å². The minimum Gasteiger partial charge on any atom is -0.466 e. The highest BCUT2D eigenvalue weighted by atomic mass is 16.7. The molecule has 0 spiro atoms. The number of ether oxygens (including phenoxy) is 4. The van der Waals surface area contributed by atoms with Gasteiger partial charge in [-0.3, -0.25) is 19.3 Å². The van der Waals surface area contributed by atoms with Gasteiger partial charge in [0.2, 0.25) is 12.7 Å². The van der Waals surface area contributed by atoms with Crippen LogP contribution in [0, 0.1) is 0 Å². The van der Waals surface area contributed by atoms with Crippen LogP contribution in [0.25, 0.3) is 0 Å². The smallest absolute Gasteiger partial charge is 0.412 e. The number of hydrogen-bond acceptors (Lipinski definition) is 9. The molecule has 11 heteroatoms. The van der Waals surface area contributed by atoms with Gasteiger partial charge in [0.15, 0.2) is 0 Å². The van der Waals surface area contributed by atoms with Crippen LogP contribution in [0.2, 0.25) is 0 Å². The first-order valence-electron chi connectivity index (χ1n) is 12.3. The number of nitrogens with zero attached hydrogens (tertiary/aromatic N) is 2. The van der Waals surface area contributed by atoms with E-state index in [0.717, 1.165) is 25.1 Å². The quantitative estimate of drug-likeness (QED) is 0.376. The maximum atomic E-state index is 12.4. The lowest BCUT2D eigenvalue weighted by Crippen LogP contribution is -2.42. The monoisotopic (exact) mass is 505 g/mol. The summed E-state index contributed by atoms with van der Waals surface area (Å²) in [6.07, 6.45) is 1.74. The molecule has 1 saturated heterocycles. The molecule has 3 rings (SSSR count). The SMILES string of the molecule is CCOC(=O)CCN1CCc2ccc(NC(=O)COC3CCN(C(=O)OCOC(C)=O)CC3)cc2C1. The van der Waals surface area contributed by atoms with Crippen molar-refractivity contribution in [1.82, 2.24) is 9.80 Å². The highest BCUT2D eigenvalue weighted by molar-refractivity contribution is 5.91. The lowest BCUT2D eigenvalue weighted by molar-refractivity contribution is -0.150. The van der Waals surface area contributed by atoms with E-state index in [1.807, 2.05) is 18.2 Å². The standard InChI is InChI=1S/C25H35N3O8/c1-3-33-24(31)9-11-27-10-6-19-4-5-21(14-20(19)15-27)26-23(30)16-34-22-7-12-28(13-8-22)25(32)36-17-35-18(2)29/h4-5,14,22H,3,6-13,15-17H2,1-2H3,(H,26,30). The van der Waals surface area contributed by atoms with Gasteiger partial charge >= 0.3 is 18.0 Å². The molecule has 1 aromatic rings. The summed E-state index contributed by atoms with van der Waals surface area (Å²) in [7, 11) is 0. The summed E-state index contributed by atoms with van der Waals surface area (Å²) < 4.78 is 20.2. The van der Waals surface area contributed by atoms with Gasteiger partial charge in [-0.15, -0.1) is 0 Å². The number of amides is 2. The molecule has 11 nitrogen and oxygen atoms in total. The summed E-state index contributed by atoms with van der Waals surface area (Å²) in [5, 5.41) is 2.89. The third-order valence-electron chi connectivity index (χ3n) is 6.11. The molecule has 0 aliphatic carbocycles. The zero-order chi connectivity index (χ0) is 25.9. The summed E-state index contributed by atoms with van der Waals surface area (Å²) in [6, 6.07) is 5.90. The Hall–Kier alpha value is -3.18. The minimum absolute atomic E-state index is 0.0791. The Bertz CT molecular complexity index is 930. The molecule has 198 valence electrons. The summed E-state index contributed by atoms with van der Waals surface area (Å²) in [4.78, 5) is 50.5. The Morgan fingerprint density at radius 1 is 1.03 bits per heavy atom. The number of carbonyl (C=O) groups is 4. The van der Waals surface area contributed by atoms with Crippen LogP contribution in [-0.4, -0.2) is 86.0 Å². The average Bonchev–Trinajstić information content (AvgIpc) is 2.86. The molecule has 2 heterocycles. The highest BCUT2D eigenvalue weighted by Crippen LogP contribution is 2.23. The summed E-state index contributed by atoms with van der Waals surface area (Å²) in [5.74, 6) is -0.945. The zero-order valence-electron chi connectivity index (χ0n) is 21.0. The first-order chi connectivity index (χ1) is 17.3. The largest absolute Gasteiger partial charge is 0.466 e. The van der Waals surface area contributed by atoms with Crippen LogP contribution in [0.5, 0.6) is 0 Å². The number of rotatable bonds is 10. The maximum Gasteiger partial charge on any atom is 0.412 e. The third kappa shape index (κ3) is 8.80. The summed E-state index contributed by atoms with van der Waals surface area (Å²) in [6.45, 7) is 6.06. The molecule has 0 saturated carbocycles. The van der Waals surface area contributed by atoms with Crippen LogP contribution in [0.4, 0.5) is 10.5 Å². The first-order valence-corrected chi connectivity index (χ1v) is 12.3. The second kappa shape index (κ2) is 13.8. The Morgan fingerprint density at radius 2 is 1.81 bits per heavy atom. The maximum absolute atomic E-state index is 12.4. The number of benzene rings is 1. The molecule has 2 aliphatic rings. The van der Waals surface area contributed by atoms with Gasteiger partial charge in [-0.1, -0.05) is 6.07 Å². The van der Waals surface area contributed by atoms with Gasteiger partial charge in [0.25, 0.3) is 0 Å². The number of anilines is 1. The van der Waals surface area contributed by atoms with Crippen molar-refractivity contribution in [3.05, 3.63) is 29.3 Å². The van der Waals surface area contributed by atoms with E-state index in [4.69, 9.17) is 14.2 Å². The normalized spacial score (nSPS) is 16.1. The molecular formula is C25H35N3O8. The fourth-order valence-electron chi connectivity index (χ4n) is 4.22. The van der Waals surface area contributed by atoms with Gasteiger partial charge in [-0.2, -0.15) is 0 Å². The first kappa shape index (κ1) is 27.4. The van der Waals surface area contributed by atoms with Gasteiger partial charge in [-0.05, 0) is 49.4 Å². The molecule has 2 aliphatic heterocycles. The van der Waals surface area contributed by atoms with E-state index in [9.17, 15) is 19.2 Å². The number of esters is 2. The lowest BCUT2D eigenvalue weighted by Gasteiger charge is -2.31. The molecule has 2 amide bonds. The van der Waals surface area contributed by atoms with Crippen LogP contribution in [0.3, 0.4) is 0 Å². The van der Waals surface area contributed by atoms with Crippen molar-refractivity contribution in [2.45, 2.75) is 52.2 Å².